The van der Waals surface area contributed by atoms with Crippen molar-refractivity contribution in [3.8, 4) is 5.75 Å². The van der Waals surface area contributed by atoms with Gasteiger partial charge in [0.2, 0.25) is 0 Å². The highest BCUT2D eigenvalue weighted by Crippen LogP contribution is 2.38. The Balaban J connectivity index is 2.40. The monoisotopic (exact) mass is 253 g/mol. The van der Waals surface area contributed by atoms with Crippen LogP contribution < -0.4 is 5.73 Å². The summed E-state index contributed by atoms with van der Waals surface area (Å²) in [5.41, 5.74) is 5.78. The molecular formula is C13H16FNO3. The first-order chi connectivity index (χ1) is 8.50. The van der Waals surface area contributed by atoms with E-state index in [4.69, 9.17) is 10.8 Å². The third kappa shape index (κ3) is 2.31. The predicted octanol–water partition coefficient (Wildman–Crippen LogP) is 2.42. The summed E-state index contributed by atoms with van der Waals surface area (Å²) >= 11 is 0. The molecule has 2 rings (SSSR count). The lowest BCUT2D eigenvalue weighted by Gasteiger charge is -2.21. The van der Waals surface area contributed by atoms with Gasteiger partial charge in [-0.25, -0.2) is 9.18 Å². The standard InChI is InChI=1S/C13H16FNO3/c14-8-5-9(11(15)7-3-1-2-4-7)12(16)10(6-8)13(17)18/h5-7,11,16H,1-4,15H2,(H,17,18)/t11-/m0/s1. The summed E-state index contributed by atoms with van der Waals surface area (Å²) in [4.78, 5) is 10.9. The van der Waals surface area contributed by atoms with Crippen LogP contribution in [0.1, 0.15) is 47.6 Å². The minimum Gasteiger partial charge on any atom is -0.507 e. The number of aromatic hydroxyl groups is 1. The second-order valence-corrected chi connectivity index (χ2v) is 4.77. The number of hydrogen-bond donors (Lipinski definition) is 3. The molecule has 98 valence electrons. The molecule has 1 atom stereocenters. The molecule has 0 unspecified atom stereocenters. The van der Waals surface area contributed by atoms with E-state index in [-0.39, 0.29) is 11.5 Å². The molecule has 1 aliphatic rings. The van der Waals surface area contributed by atoms with Gasteiger partial charge in [-0.15, -0.1) is 0 Å². The quantitative estimate of drug-likeness (QED) is 0.772. The summed E-state index contributed by atoms with van der Waals surface area (Å²) in [7, 11) is 0. The third-order valence-corrected chi connectivity index (χ3v) is 3.60. The zero-order valence-electron chi connectivity index (χ0n) is 9.90. The maximum absolute atomic E-state index is 13.4. The first kappa shape index (κ1) is 12.8. The van der Waals surface area contributed by atoms with Gasteiger partial charge in [-0.1, -0.05) is 12.8 Å². The number of carbonyl (C=O) groups is 1. The van der Waals surface area contributed by atoms with Crippen LogP contribution in [-0.4, -0.2) is 16.2 Å². The number of aromatic carboxylic acids is 1. The first-order valence-electron chi connectivity index (χ1n) is 6.02. The highest BCUT2D eigenvalue weighted by atomic mass is 19.1. The van der Waals surface area contributed by atoms with E-state index in [0.29, 0.717) is 0 Å². The SMILES string of the molecule is N[C@H](c1cc(F)cc(C(=O)O)c1O)C1CCCC1. The van der Waals surface area contributed by atoms with Crippen molar-refractivity contribution >= 4 is 5.97 Å². The van der Waals surface area contributed by atoms with Gasteiger partial charge >= 0.3 is 5.97 Å². The van der Waals surface area contributed by atoms with Gasteiger partial charge in [-0.2, -0.15) is 0 Å². The van der Waals surface area contributed by atoms with Crippen molar-refractivity contribution in [3.05, 3.63) is 29.1 Å². The normalized spacial score (nSPS) is 17.9. The Bertz CT molecular complexity index is 470. The van der Waals surface area contributed by atoms with E-state index < -0.39 is 29.1 Å². The van der Waals surface area contributed by atoms with Gasteiger partial charge in [-0.3, -0.25) is 0 Å². The number of benzene rings is 1. The molecular weight excluding hydrogens is 237 g/mol. The van der Waals surface area contributed by atoms with E-state index in [1.807, 2.05) is 0 Å². The lowest BCUT2D eigenvalue weighted by Crippen LogP contribution is -2.20. The highest BCUT2D eigenvalue weighted by Gasteiger charge is 2.27. The van der Waals surface area contributed by atoms with Crippen LogP contribution in [0.3, 0.4) is 0 Å². The van der Waals surface area contributed by atoms with Crippen molar-refractivity contribution in [3.63, 3.8) is 0 Å². The van der Waals surface area contributed by atoms with Crippen LogP contribution in [0, 0.1) is 11.7 Å². The van der Waals surface area contributed by atoms with Crippen LogP contribution >= 0.6 is 0 Å². The maximum Gasteiger partial charge on any atom is 0.339 e. The van der Waals surface area contributed by atoms with E-state index in [1.165, 1.54) is 0 Å². The number of phenols is 1. The Hall–Kier alpha value is -1.62. The van der Waals surface area contributed by atoms with Crippen molar-refractivity contribution in [2.24, 2.45) is 11.7 Å². The summed E-state index contributed by atoms with van der Waals surface area (Å²) < 4.78 is 13.4. The van der Waals surface area contributed by atoms with Gasteiger partial charge in [0.15, 0.2) is 0 Å². The van der Waals surface area contributed by atoms with Crippen molar-refractivity contribution < 1.29 is 19.4 Å². The molecule has 0 saturated heterocycles. The predicted molar refractivity (Wildman–Crippen MR) is 63.9 cm³/mol. The zero-order valence-corrected chi connectivity index (χ0v) is 9.90. The molecule has 0 amide bonds. The highest BCUT2D eigenvalue weighted by molar-refractivity contribution is 5.91. The van der Waals surface area contributed by atoms with Gasteiger partial charge in [-0.05, 0) is 30.9 Å². The minimum absolute atomic E-state index is 0.180. The molecule has 1 aromatic carbocycles. The molecule has 0 spiro atoms. The number of carboxylic acids is 1. The van der Waals surface area contributed by atoms with Crippen LogP contribution in [0.25, 0.3) is 0 Å². The van der Waals surface area contributed by atoms with E-state index in [2.05, 4.69) is 0 Å². The van der Waals surface area contributed by atoms with Crippen LogP contribution in [0.15, 0.2) is 12.1 Å². The Kier molecular flexibility index (Phi) is 3.52. The fraction of sp³-hybridized carbons (Fsp3) is 0.462. The number of carboxylic acid groups (broad SMARTS) is 1. The van der Waals surface area contributed by atoms with Gasteiger partial charge < -0.3 is 15.9 Å². The molecule has 0 aromatic heterocycles. The van der Waals surface area contributed by atoms with Crippen molar-refractivity contribution in [2.45, 2.75) is 31.7 Å². The van der Waals surface area contributed by atoms with Gasteiger partial charge in [0, 0.05) is 11.6 Å². The summed E-state index contributed by atoms with van der Waals surface area (Å²) in [6.45, 7) is 0. The molecule has 1 aromatic rings. The van der Waals surface area contributed by atoms with Gasteiger partial charge in [0.1, 0.15) is 17.1 Å². The van der Waals surface area contributed by atoms with E-state index in [9.17, 15) is 14.3 Å². The zero-order chi connectivity index (χ0) is 13.3. The fourth-order valence-corrected chi connectivity index (χ4v) is 2.61. The third-order valence-electron chi connectivity index (χ3n) is 3.60. The van der Waals surface area contributed by atoms with Crippen molar-refractivity contribution in [1.82, 2.24) is 0 Å². The average Bonchev–Trinajstić information content (AvgIpc) is 2.84. The molecule has 4 nitrogen and oxygen atoms in total. The lowest BCUT2D eigenvalue weighted by molar-refractivity contribution is 0.0692. The Morgan fingerprint density at radius 1 is 1.39 bits per heavy atom. The second-order valence-electron chi connectivity index (χ2n) is 4.77. The van der Waals surface area contributed by atoms with Crippen LogP contribution in [0.5, 0.6) is 5.75 Å². The number of hydrogen-bond acceptors (Lipinski definition) is 3. The molecule has 18 heavy (non-hydrogen) atoms. The molecule has 1 saturated carbocycles. The topological polar surface area (TPSA) is 83.6 Å². The average molecular weight is 253 g/mol. The van der Waals surface area contributed by atoms with E-state index in [1.54, 1.807) is 0 Å². The largest absolute Gasteiger partial charge is 0.507 e. The lowest BCUT2D eigenvalue weighted by atomic mass is 9.90. The molecule has 0 radical (unpaired) electrons. The number of rotatable bonds is 3. The molecule has 1 fully saturated rings. The second kappa shape index (κ2) is 4.94. The molecule has 5 heteroatoms. The van der Waals surface area contributed by atoms with Crippen LogP contribution in [0.4, 0.5) is 4.39 Å². The van der Waals surface area contributed by atoms with Crippen molar-refractivity contribution in [2.75, 3.05) is 0 Å². The van der Waals surface area contributed by atoms with Crippen molar-refractivity contribution in [1.29, 1.82) is 0 Å². The summed E-state index contributed by atoms with van der Waals surface area (Å²) in [5, 5.41) is 18.8. The van der Waals surface area contributed by atoms with E-state index in [0.717, 1.165) is 37.8 Å². The minimum atomic E-state index is -1.35. The molecule has 0 heterocycles. The van der Waals surface area contributed by atoms with Crippen LogP contribution in [-0.2, 0) is 0 Å². The maximum atomic E-state index is 13.4. The number of halogens is 1. The smallest absolute Gasteiger partial charge is 0.339 e. The Labute approximate surface area is 104 Å². The number of nitrogens with two attached hydrogens (primary N) is 1. The van der Waals surface area contributed by atoms with Gasteiger partial charge in [0.05, 0.1) is 0 Å². The fourth-order valence-electron chi connectivity index (χ4n) is 2.61. The summed E-state index contributed by atoms with van der Waals surface area (Å²) in [6.07, 6.45) is 4.00. The molecule has 0 bridgehead atoms. The van der Waals surface area contributed by atoms with E-state index >= 15 is 0 Å². The summed E-state index contributed by atoms with van der Waals surface area (Å²) in [6, 6.07) is 1.43. The summed E-state index contributed by atoms with van der Waals surface area (Å²) in [5.74, 6) is -2.27. The molecule has 1 aliphatic carbocycles. The Morgan fingerprint density at radius 2 is 2.00 bits per heavy atom. The van der Waals surface area contributed by atoms with Gasteiger partial charge in [0.25, 0.3) is 0 Å². The first-order valence-corrected chi connectivity index (χ1v) is 6.02. The molecule has 4 N–H and O–H groups in total. The van der Waals surface area contributed by atoms with Crippen LogP contribution in [0.2, 0.25) is 0 Å². The molecule has 0 aliphatic heterocycles. The Morgan fingerprint density at radius 3 is 2.56 bits per heavy atom.